The summed E-state index contributed by atoms with van der Waals surface area (Å²) in [6.07, 6.45) is -0.343. The van der Waals surface area contributed by atoms with E-state index >= 15 is 0 Å². The van der Waals surface area contributed by atoms with Crippen LogP contribution in [0.3, 0.4) is 0 Å². The van der Waals surface area contributed by atoms with E-state index in [9.17, 15) is 9.59 Å². The zero-order valence-electron chi connectivity index (χ0n) is 19.8. The molecule has 178 valence electrons. The average molecular weight is 456 g/mol. The van der Waals surface area contributed by atoms with Crippen LogP contribution in [0.4, 0.5) is 15.3 Å². The molecule has 0 unspecified atom stereocenters. The smallest absolute Gasteiger partial charge is 0.410 e. The minimum atomic E-state index is -0.533. The molecule has 0 aliphatic carbocycles. The van der Waals surface area contributed by atoms with Gasteiger partial charge in [0.25, 0.3) is 0 Å². The maximum Gasteiger partial charge on any atom is 0.410 e. The number of methoxy groups -OCH3 is 1. The van der Waals surface area contributed by atoms with Gasteiger partial charge in [0.2, 0.25) is 0 Å². The number of hydrogen-bond acceptors (Lipinski definition) is 5. The molecule has 1 aliphatic rings. The summed E-state index contributed by atoms with van der Waals surface area (Å²) in [5, 5.41) is 2.94. The summed E-state index contributed by atoms with van der Waals surface area (Å²) in [4.78, 5) is 28.2. The molecule has 0 atom stereocenters. The van der Waals surface area contributed by atoms with Crippen molar-refractivity contribution in [3.05, 3.63) is 59.7 Å². The number of anilines is 1. The van der Waals surface area contributed by atoms with Gasteiger partial charge in [-0.1, -0.05) is 24.3 Å². The summed E-state index contributed by atoms with van der Waals surface area (Å²) in [6, 6.07) is 15.2. The van der Waals surface area contributed by atoms with Crippen molar-refractivity contribution in [2.45, 2.75) is 39.6 Å². The molecule has 1 aliphatic heterocycles. The van der Waals surface area contributed by atoms with Crippen LogP contribution in [0.2, 0.25) is 0 Å². The van der Waals surface area contributed by atoms with Gasteiger partial charge in [0.1, 0.15) is 11.4 Å². The number of carbonyl (C=O) groups excluding carboxylic acids is 2. The summed E-state index contributed by atoms with van der Waals surface area (Å²) >= 11 is 0. The first-order valence-corrected chi connectivity index (χ1v) is 11.1. The first kappa shape index (κ1) is 24.4. The molecule has 0 radical (unpaired) electrons. The van der Waals surface area contributed by atoms with Gasteiger partial charge in [0.05, 0.1) is 20.3 Å². The van der Waals surface area contributed by atoms with Gasteiger partial charge >= 0.3 is 12.1 Å². The van der Waals surface area contributed by atoms with Gasteiger partial charge < -0.3 is 29.3 Å². The fraction of sp³-hybridized carbons (Fsp3) is 0.440. The molecule has 8 nitrogen and oxygen atoms in total. The summed E-state index contributed by atoms with van der Waals surface area (Å²) in [6.45, 7) is 8.24. The Bertz CT molecular complexity index is 932. The number of ether oxygens (including phenoxy) is 3. The second-order valence-corrected chi connectivity index (χ2v) is 8.93. The van der Waals surface area contributed by atoms with E-state index in [0.717, 1.165) is 16.9 Å². The lowest BCUT2D eigenvalue weighted by atomic mass is 10.2. The molecule has 1 fully saturated rings. The number of carbonyl (C=O) groups is 2. The van der Waals surface area contributed by atoms with Gasteiger partial charge in [-0.15, -0.1) is 0 Å². The van der Waals surface area contributed by atoms with Crippen molar-refractivity contribution in [3.63, 3.8) is 0 Å². The van der Waals surface area contributed by atoms with Crippen molar-refractivity contribution in [1.82, 2.24) is 9.80 Å². The number of amides is 3. The molecule has 1 saturated heterocycles. The van der Waals surface area contributed by atoms with Gasteiger partial charge in [-0.05, 0) is 56.2 Å². The van der Waals surface area contributed by atoms with E-state index in [0.29, 0.717) is 45.1 Å². The molecule has 3 amide bonds. The molecule has 0 aromatic heterocycles. The van der Waals surface area contributed by atoms with Crippen LogP contribution in [0.5, 0.6) is 5.75 Å². The summed E-state index contributed by atoms with van der Waals surface area (Å²) in [5.41, 5.74) is 2.21. The van der Waals surface area contributed by atoms with E-state index in [1.54, 1.807) is 16.9 Å². The Balaban J connectivity index is 1.45. The number of nitrogens with zero attached hydrogens (tertiary/aromatic N) is 2. The molecule has 33 heavy (non-hydrogen) atoms. The number of urea groups is 1. The highest BCUT2D eigenvalue weighted by Gasteiger charge is 2.27. The quantitative estimate of drug-likeness (QED) is 0.694. The molecule has 3 rings (SSSR count). The van der Waals surface area contributed by atoms with Gasteiger partial charge in [-0.25, -0.2) is 9.59 Å². The highest BCUT2D eigenvalue weighted by atomic mass is 16.6. The van der Waals surface area contributed by atoms with Crippen LogP contribution in [-0.2, 0) is 22.7 Å². The number of benzene rings is 2. The van der Waals surface area contributed by atoms with Gasteiger partial charge in [0, 0.05) is 31.9 Å². The van der Waals surface area contributed by atoms with E-state index in [1.165, 1.54) is 0 Å². The number of piperazine rings is 1. The first-order chi connectivity index (χ1) is 15.7. The molecule has 2 aromatic carbocycles. The third kappa shape index (κ3) is 7.68. The van der Waals surface area contributed by atoms with Crippen LogP contribution in [0.15, 0.2) is 48.5 Å². The molecule has 1 heterocycles. The third-order valence-electron chi connectivity index (χ3n) is 5.09. The highest BCUT2D eigenvalue weighted by Crippen LogP contribution is 2.16. The molecule has 2 aromatic rings. The maximum atomic E-state index is 12.7. The van der Waals surface area contributed by atoms with Crippen molar-refractivity contribution >= 4 is 17.8 Å². The van der Waals surface area contributed by atoms with Crippen LogP contribution in [0.1, 0.15) is 31.9 Å². The number of nitrogens with one attached hydrogen (secondary N) is 1. The van der Waals surface area contributed by atoms with Crippen LogP contribution in [0.25, 0.3) is 0 Å². The Kier molecular flexibility index (Phi) is 8.16. The second kappa shape index (κ2) is 11.0. The normalized spacial score (nSPS) is 14.1. The van der Waals surface area contributed by atoms with Crippen LogP contribution >= 0.6 is 0 Å². The van der Waals surface area contributed by atoms with E-state index in [1.807, 2.05) is 69.3 Å². The van der Waals surface area contributed by atoms with Gasteiger partial charge in [-0.2, -0.15) is 0 Å². The van der Waals surface area contributed by atoms with Crippen molar-refractivity contribution < 1.29 is 23.8 Å². The van der Waals surface area contributed by atoms with Gasteiger partial charge in [-0.3, -0.25) is 0 Å². The Morgan fingerprint density at radius 3 is 2.18 bits per heavy atom. The SMILES string of the molecule is COc1ccc(COCc2cccc(NC(=O)N3CCN(C(=O)OC(C)(C)C)CC3)c2)cc1. The van der Waals surface area contributed by atoms with Crippen LogP contribution < -0.4 is 10.1 Å². The molecule has 8 heteroatoms. The molecule has 1 N–H and O–H groups in total. The number of hydrogen-bond donors (Lipinski definition) is 1. The fourth-order valence-electron chi connectivity index (χ4n) is 3.37. The van der Waals surface area contributed by atoms with Crippen molar-refractivity contribution in [2.24, 2.45) is 0 Å². The first-order valence-electron chi connectivity index (χ1n) is 11.1. The van der Waals surface area contributed by atoms with Crippen molar-refractivity contribution in [3.8, 4) is 5.75 Å². The molecular formula is C25H33N3O5. The van der Waals surface area contributed by atoms with Crippen LogP contribution in [0, 0.1) is 0 Å². The summed E-state index contributed by atoms with van der Waals surface area (Å²) < 4.78 is 16.4. The van der Waals surface area contributed by atoms with E-state index in [2.05, 4.69) is 5.32 Å². The third-order valence-corrected chi connectivity index (χ3v) is 5.09. The van der Waals surface area contributed by atoms with E-state index < -0.39 is 5.60 Å². The predicted octanol–water partition coefficient (Wildman–Crippen LogP) is 4.50. The maximum absolute atomic E-state index is 12.7. The molecule has 0 bridgehead atoms. The van der Waals surface area contributed by atoms with Gasteiger partial charge in [0.15, 0.2) is 0 Å². The highest BCUT2D eigenvalue weighted by molar-refractivity contribution is 5.89. The topological polar surface area (TPSA) is 80.3 Å². The van der Waals surface area contributed by atoms with Crippen molar-refractivity contribution in [2.75, 3.05) is 38.6 Å². The monoisotopic (exact) mass is 455 g/mol. The summed E-state index contributed by atoms with van der Waals surface area (Å²) in [5.74, 6) is 0.813. The number of rotatable bonds is 6. The Morgan fingerprint density at radius 1 is 0.909 bits per heavy atom. The van der Waals surface area contributed by atoms with E-state index in [-0.39, 0.29) is 12.1 Å². The summed E-state index contributed by atoms with van der Waals surface area (Å²) in [7, 11) is 1.64. The standard InChI is InChI=1S/C25H33N3O5/c1-25(2,3)33-24(30)28-14-12-27(13-15-28)23(29)26-21-7-5-6-20(16-21)18-32-17-19-8-10-22(31-4)11-9-19/h5-11,16H,12-15,17-18H2,1-4H3,(H,26,29). The molecular weight excluding hydrogens is 422 g/mol. The molecule has 0 saturated carbocycles. The zero-order chi connectivity index (χ0) is 23.8. The zero-order valence-corrected chi connectivity index (χ0v) is 19.8. The lowest BCUT2D eigenvalue weighted by Crippen LogP contribution is -2.52. The average Bonchev–Trinajstić information content (AvgIpc) is 2.79. The van der Waals surface area contributed by atoms with E-state index in [4.69, 9.17) is 14.2 Å². The minimum absolute atomic E-state index is 0.185. The largest absolute Gasteiger partial charge is 0.497 e. The fourth-order valence-corrected chi connectivity index (χ4v) is 3.37. The Morgan fingerprint density at radius 2 is 1.55 bits per heavy atom. The molecule has 0 spiro atoms. The van der Waals surface area contributed by atoms with Crippen LogP contribution in [-0.4, -0.2) is 60.8 Å². The Hall–Kier alpha value is -3.26. The minimum Gasteiger partial charge on any atom is -0.497 e. The Labute approximate surface area is 195 Å². The van der Waals surface area contributed by atoms with Crippen molar-refractivity contribution in [1.29, 1.82) is 0 Å². The lowest BCUT2D eigenvalue weighted by molar-refractivity contribution is 0.0174. The predicted molar refractivity (Wildman–Crippen MR) is 126 cm³/mol. The second-order valence-electron chi connectivity index (χ2n) is 8.93. The lowest BCUT2D eigenvalue weighted by Gasteiger charge is -2.35.